The van der Waals surface area contributed by atoms with Gasteiger partial charge in [0.2, 0.25) is 0 Å². The monoisotopic (exact) mass is 632 g/mol. The van der Waals surface area contributed by atoms with E-state index in [4.69, 9.17) is 9.98 Å². The minimum atomic E-state index is 0.634. The maximum atomic E-state index is 5.16. The summed E-state index contributed by atoms with van der Waals surface area (Å²) in [6, 6.07) is 57.7. The summed E-state index contributed by atoms with van der Waals surface area (Å²) >= 11 is 1.71. The van der Waals surface area contributed by atoms with Crippen molar-refractivity contribution in [3.8, 4) is 22.3 Å². The van der Waals surface area contributed by atoms with Gasteiger partial charge in [0.15, 0.2) is 5.84 Å². The van der Waals surface area contributed by atoms with E-state index in [9.17, 15) is 0 Å². The number of fused-ring (bicyclic) bond motifs is 3. The van der Waals surface area contributed by atoms with Gasteiger partial charge in [-0.2, -0.15) is 0 Å². The molecule has 0 aliphatic heterocycles. The van der Waals surface area contributed by atoms with Crippen LogP contribution in [0.3, 0.4) is 0 Å². The number of benzene rings is 7. The van der Waals surface area contributed by atoms with E-state index in [2.05, 4.69) is 152 Å². The lowest BCUT2D eigenvalue weighted by molar-refractivity contribution is 1.46. The Morgan fingerprint density at radius 3 is 1.67 bits per heavy atom. The third-order valence-electron chi connectivity index (χ3n) is 8.82. The standard InChI is InChI=1S/C45H32N2S/c1-30(32-16-5-3-6-17-32)46-45(47-31(2)42-29-34-20-9-14-27-41(34)48-42)36-22-15-21-35(28-36)44-39-25-12-10-23-37(39)43(33-18-7-4-8-19-33)38-24-11-13-26-40(38)44/h3-29H,2H2,1H3. The SMILES string of the molecule is C=C(N=C(N=C(C)c1ccccc1)c1cccc(-c2c3ccccc3c(-c3ccccc3)c3ccccc23)c1)c1cc2ccccc2s1. The largest absolute Gasteiger partial charge is 0.233 e. The van der Waals surface area contributed by atoms with E-state index in [0.717, 1.165) is 27.3 Å². The zero-order valence-electron chi connectivity index (χ0n) is 26.6. The lowest BCUT2D eigenvalue weighted by Gasteiger charge is -2.18. The average Bonchev–Trinajstić information content (AvgIpc) is 3.59. The van der Waals surface area contributed by atoms with Gasteiger partial charge >= 0.3 is 0 Å². The molecule has 8 aromatic rings. The van der Waals surface area contributed by atoms with Crippen molar-refractivity contribution in [1.82, 2.24) is 0 Å². The molecule has 0 amide bonds. The summed E-state index contributed by atoms with van der Waals surface area (Å²) in [5.74, 6) is 0.634. The molecule has 0 spiro atoms. The third-order valence-corrected chi connectivity index (χ3v) is 9.98. The van der Waals surface area contributed by atoms with Gasteiger partial charge in [0.25, 0.3) is 0 Å². The normalized spacial score (nSPS) is 12.2. The Morgan fingerprint density at radius 2 is 1.02 bits per heavy atom. The molecule has 0 fully saturated rings. The highest BCUT2D eigenvalue weighted by Crippen LogP contribution is 2.43. The maximum Gasteiger partial charge on any atom is 0.160 e. The van der Waals surface area contributed by atoms with Gasteiger partial charge in [-0.25, -0.2) is 9.98 Å². The van der Waals surface area contributed by atoms with E-state index in [1.54, 1.807) is 11.3 Å². The van der Waals surface area contributed by atoms with Gasteiger partial charge in [-0.3, -0.25) is 0 Å². The number of aliphatic imine (C=N–C) groups is 2. The molecule has 7 aromatic carbocycles. The third kappa shape index (κ3) is 5.55. The molecule has 0 aliphatic carbocycles. The van der Waals surface area contributed by atoms with Crippen LogP contribution in [-0.2, 0) is 0 Å². The molecule has 0 unspecified atom stereocenters. The summed E-state index contributed by atoms with van der Waals surface area (Å²) in [6.45, 7) is 6.46. The van der Waals surface area contributed by atoms with Crippen LogP contribution in [0, 0.1) is 0 Å². The minimum Gasteiger partial charge on any atom is -0.233 e. The Labute approximate surface area is 284 Å². The second-order valence-corrected chi connectivity index (χ2v) is 13.0. The number of nitrogens with zero attached hydrogens (tertiary/aromatic N) is 2. The van der Waals surface area contributed by atoms with Crippen molar-refractivity contribution < 1.29 is 0 Å². The first-order valence-corrected chi connectivity index (χ1v) is 16.9. The van der Waals surface area contributed by atoms with Crippen LogP contribution in [0.5, 0.6) is 0 Å². The fourth-order valence-electron chi connectivity index (χ4n) is 6.53. The highest BCUT2D eigenvalue weighted by Gasteiger charge is 2.17. The van der Waals surface area contributed by atoms with Crippen LogP contribution in [-0.4, -0.2) is 11.5 Å². The Hall–Kier alpha value is -5.90. The second kappa shape index (κ2) is 12.7. The molecule has 0 saturated carbocycles. The molecular formula is C45H32N2S. The van der Waals surface area contributed by atoms with Gasteiger partial charge in [0.1, 0.15) is 0 Å². The van der Waals surface area contributed by atoms with Crippen LogP contribution in [0.4, 0.5) is 0 Å². The number of rotatable bonds is 6. The van der Waals surface area contributed by atoms with Gasteiger partial charge in [-0.05, 0) is 79.9 Å². The summed E-state index contributed by atoms with van der Waals surface area (Å²) in [5.41, 5.74) is 8.38. The number of amidine groups is 1. The molecule has 0 N–H and O–H groups in total. The zero-order valence-corrected chi connectivity index (χ0v) is 27.4. The topological polar surface area (TPSA) is 24.7 Å². The lowest BCUT2D eigenvalue weighted by Crippen LogP contribution is -2.04. The summed E-state index contributed by atoms with van der Waals surface area (Å²) < 4.78 is 1.22. The molecule has 0 saturated heterocycles. The van der Waals surface area contributed by atoms with Crippen molar-refractivity contribution in [2.45, 2.75) is 6.92 Å². The van der Waals surface area contributed by atoms with Crippen LogP contribution in [0.1, 0.15) is 22.9 Å². The van der Waals surface area contributed by atoms with Crippen LogP contribution < -0.4 is 0 Å². The molecule has 8 rings (SSSR count). The smallest absolute Gasteiger partial charge is 0.160 e. The van der Waals surface area contributed by atoms with Crippen molar-refractivity contribution in [3.05, 3.63) is 186 Å². The van der Waals surface area contributed by atoms with E-state index >= 15 is 0 Å². The predicted octanol–water partition coefficient (Wildman–Crippen LogP) is 12.5. The first-order chi connectivity index (χ1) is 23.6. The van der Waals surface area contributed by atoms with Crippen LogP contribution in [0.2, 0.25) is 0 Å². The quantitative estimate of drug-likeness (QED) is 0.0990. The highest BCUT2D eigenvalue weighted by atomic mass is 32.1. The predicted molar refractivity (Wildman–Crippen MR) is 208 cm³/mol. The fraction of sp³-hybridized carbons (Fsp3) is 0.0222. The highest BCUT2D eigenvalue weighted by molar-refractivity contribution is 7.20. The van der Waals surface area contributed by atoms with Gasteiger partial charge < -0.3 is 0 Å². The summed E-state index contributed by atoms with van der Waals surface area (Å²) in [6.07, 6.45) is 0. The van der Waals surface area contributed by atoms with Crippen LogP contribution >= 0.6 is 11.3 Å². The van der Waals surface area contributed by atoms with Gasteiger partial charge in [-0.1, -0.05) is 152 Å². The minimum absolute atomic E-state index is 0.634. The number of hydrogen-bond donors (Lipinski definition) is 0. The molecule has 1 heterocycles. The van der Waals surface area contributed by atoms with Crippen molar-refractivity contribution in [3.63, 3.8) is 0 Å². The van der Waals surface area contributed by atoms with E-state index < -0.39 is 0 Å². The molecule has 0 radical (unpaired) electrons. The summed E-state index contributed by atoms with van der Waals surface area (Å²) in [4.78, 5) is 11.3. The molecule has 228 valence electrons. The summed E-state index contributed by atoms with van der Waals surface area (Å²) in [5, 5.41) is 6.08. The molecule has 48 heavy (non-hydrogen) atoms. The molecule has 0 bridgehead atoms. The lowest BCUT2D eigenvalue weighted by atomic mass is 9.85. The van der Waals surface area contributed by atoms with E-state index in [1.165, 1.54) is 48.3 Å². The van der Waals surface area contributed by atoms with E-state index in [0.29, 0.717) is 11.5 Å². The Bertz CT molecular complexity index is 2430. The van der Waals surface area contributed by atoms with Crippen molar-refractivity contribution in [1.29, 1.82) is 0 Å². The van der Waals surface area contributed by atoms with Gasteiger partial charge in [-0.15, -0.1) is 11.3 Å². The van der Waals surface area contributed by atoms with E-state index in [-0.39, 0.29) is 0 Å². The van der Waals surface area contributed by atoms with Crippen molar-refractivity contribution in [2.75, 3.05) is 0 Å². The Kier molecular flexibility index (Phi) is 7.81. The molecular weight excluding hydrogens is 601 g/mol. The fourth-order valence-corrected chi connectivity index (χ4v) is 7.51. The molecule has 3 heteroatoms. The zero-order chi connectivity index (χ0) is 32.5. The first-order valence-electron chi connectivity index (χ1n) is 16.1. The first kappa shape index (κ1) is 29.5. The Morgan fingerprint density at radius 1 is 0.500 bits per heavy atom. The van der Waals surface area contributed by atoms with Gasteiger partial charge in [0.05, 0.1) is 10.6 Å². The number of thiophene rings is 1. The molecule has 2 nitrogen and oxygen atoms in total. The molecule has 0 atom stereocenters. The van der Waals surface area contributed by atoms with E-state index in [1.807, 2.05) is 25.1 Å². The second-order valence-electron chi connectivity index (χ2n) is 11.9. The van der Waals surface area contributed by atoms with Crippen molar-refractivity contribution >= 4 is 60.2 Å². The maximum absolute atomic E-state index is 5.16. The summed E-state index contributed by atoms with van der Waals surface area (Å²) in [7, 11) is 0. The Balaban J connectivity index is 1.33. The molecule has 0 aliphatic rings. The van der Waals surface area contributed by atoms with Gasteiger partial charge in [0, 0.05) is 16.0 Å². The van der Waals surface area contributed by atoms with Crippen molar-refractivity contribution in [2.24, 2.45) is 9.98 Å². The van der Waals surface area contributed by atoms with Crippen LogP contribution in [0.25, 0.3) is 59.6 Å². The molecule has 1 aromatic heterocycles. The average molecular weight is 633 g/mol. The number of hydrogen-bond acceptors (Lipinski definition) is 2. The van der Waals surface area contributed by atoms with Crippen LogP contribution in [0.15, 0.2) is 180 Å².